The van der Waals surface area contributed by atoms with Crippen LogP contribution < -0.4 is 0 Å². The summed E-state index contributed by atoms with van der Waals surface area (Å²) >= 11 is 0. The molecular weight excluding hydrogens is 312 g/mol. The number of fused-ring (bicyclic) bond motifs is 1. The van der Waals surface area contributed by atoms with E-state index in [1.807, 2.05) is 0 Å². The van der Waals surface area contributed by atoms with E-state index in [0.717, 1.165) is 25.2 Å². The minimum Gasteiger partial charge on any atom is -0.460 e. The highest BCUT2D eigenvalue weighted by atomic mass is 16.5. The molecule has 2 rings (SSSR count). The summed E-state index contributed by atoms with van der Waals surface area (Å²) < 4.78 is 5.28. The third-order valence-electron chi connectivity index (χ3n) is 7.36. The molecule has 3 nitrogen and oxygen atoms in total. The molecule has 144 valence electrons. The smallest absolute Gasteiger partial charge is 0.302 e. The molecular formula is C22H38O3. The molecule has 5 atom stereocenters. The SMILES string of the molecule is C=C1CC[C@@H]2C(C)(C)CCC[C@]2(C)[C@H]1CC[C@H](C)[C@H](CO)OC(C)=O. The molecule has 0 unspecified atom stereocenters. The van der Waals surface area contributed by atoms with Crippen molar-refractivity contribution in [2.45, 2.75) is 85.7 Å². The third-order valence-corrected chi connectivity index (χ3v) is 7.36. The number of hydrogen-bond donors (Lipinski definition) is 1. The molecule has 0 saturated heterocycles. The molecule has 0 aliphatic heterocycles. The van der Waals surface area contributed by atoms with Crippen LogP contribution in [0.25, 0.3) is 0 Å². The van der Waals surface area contributed by atoms with Crippen molar-refractivity contribution in [3.63, 3.8) is 0 Å². The molecule has 1 N–H and O–H groups in total. The van der Waals surface area contributed by atoms with Gasteiger partial charge in [0, 0.05) is 6.92 Å². The van der Waals surface area contributed by atoms with Crippen LogP contribution in [-0.2, 0) is 9.53 Å². The first-order chi connectivity index (χ1) is 11.6. The Morgan fingerprint density at radius 1 is 1.36 bits per heavy atom. The molecule has 0 bridgehead atoms. The lowest BCUT2D eigenvalue weighted by Crippen LogP contribution is -2.49. The maximum Gasteiger partial charge on any atom is 0.302 e. The number of aliphatic hydroxyl groups excluding tert-OH is 1. The third kappa shape index (κ3) is 4.30. The number of allylic oxidation sites excluding steroid dienone is 1. The van der Waals surface area contributed by atoms with Crippen LogP contribution in [0, 0.1) is 28.6 Å². The average Bonchev–Trinajstić information content (AvgIpc) is 2.50. The van der Waals surface area contributed by atoms with Crippen LogP contribution in [0.15, 0.2) is 12.2 Å². The summed E-state index contributed by atoms with van der Waals surface area (Å²) in [6, 6.07) is 0. The van der Waals surface area contributed by atoms with Gasteiger partial charge in [-0.25, -0.2) is 0 Å². The molecule has 0 amide bonds. The van der Waals surface area contributed by atoms with E-state index in [-0.39, 0.29) is 24.6 Å². The molecule has 0 aromatic rings. The highest BCUT2D eigenvalue weighted by Crippen LogP contribution is 2.61. The van der Waals surface area contributed by atoms with E-state index >= 15 is 0 Å². The van der Waals surface area contributed by atoms with Gasteiger partial charge in [-0.3, -0.25) is 4.79 Å². The van der Waals surface area contributed by atoms with Crippen LogP contribution in [0.5, 0.6) is 0 Å². The molecule has 25 heavy (non-hydrogen) atoms. The van der Waals surface area contributed by atoms with Crippen molar-refractivity contribution in [2.24, 2.45) is 28.6 Å². The Labute approximate surface area is 154 Å². The van der Waals surface area contributed by atoms with Crippen molar-refractivity contribution in [3.05, 3.63) is 12.2 Å². The van der Waals surface area contributed by atoms with E-state index in [2.05, 4.69) is 34.3 Å². The first-order valence-electron chi connectivity index (χ1n) is 10.1. The van der Waals surface area contributed by atoms with Crippen LogP contribution in [0.3, 0.4) is 0 Å². The summed E-state index contributed by atoms with van der Waals surface area (Å²) in [4.78, 5) is 11.2. The monoisotopic (exact) mass is 350 g/mol. The largest absolute Gasteiger partial charge is 0.460 e. The molecule has 2 aliphatic carbocycles. The Morgan fingerprint density at radius 3 is 2.64 bits per heavy atom. The van der Waals surface area contributed by atoms with Crippen LogP contribution >= 0.6 is 0 Å². The van der Waals surface area contributed by atoms with Gasteiger partial charge in [-0.05, 0) is 67.1 Å². The van der Waals surface area contributed by atoms with Crippen LogP contribution in [0.1, 0.15) is 79.6 Å². The Morgan fingerprint density at radius 2 is 2.04 bits per heavy atom. The normalized spacial score (nSPS) is 34.1. The second-order valence-electron chi connectivity index (χ2n) is 9.54. The van der Waals surface area contributed by atoms with Crippen molar-refractivity contribution in [1.29, 1.82) is 0 Å². The van der Waals surface area contributed by atoms with Crippen molar-refractivity contribution in [2.75, 3.05) is 6.61 Å². The van der Waals surface area contributed by atoms with E-state index in [9.17, 15) is 9.90 Å². The molecule has 0 heterocycles. The van der Waals surface area contributed by atoms with Crippen LogP contribution in [0.4, 0.5) is 0 Å². The van der Waals surface area contributed by atoms with Gasteiger partial charge in [0.1, 0.15) is 6.10 Å². The summed E-state index contributed by atoms with van der Waals surface area (Å²) in [5, 5.41) is 9.55. The summed E-state index contributed by atoms with van der Waals surface area (Å²) in [5.41, 5.74) is 2.17. The van der Waals surface area contributed by atoms with Crippen LogP contribution in [0.2, 0.25) is 0 Å². The fourth-order valence-electron chi connectivity index (χ4n) is 5.97. The molecule has 0 aromatic carbocycles. The fraction of sp³-hybridized carbons (Fsp3) is 0.864. The number of carbonyl (C=O) groups excluding carboxylic acids is 1. The zero-order valence-corrected chi connectivity index (χ0v) is 16.9. The number of aliphatic hydroxyl groups is 1. The zero-order valence-electron chi connectivity index (χ0n) is 16.9. The van der Waals surface area contributed by atoms with Crippen LogP contribution in [-0.4, -0.2) is 23.8 Å². The number of rotatable bonds is 6. The summed E-state index contributed by atoms with van der Waals surface area (Å²) in [7, 11) is 0. The summed E-state index contributed by atoms with van der Waals surface area (Å²) in [6.07, 6.45) is 8.03. The maximum absolute atomic E-state index is 11.2. The van der Waals surface area contributed by atoms with E-state index in [0.29, 0.717) is 16.7 Å². The number of ether oxygens (including phenoxy) is 1. The van der Waals surface area contributed by atoms with Crippen molar-refractivity contribution < 1.29 is 14.6 Å². The van der Waals surface area contributed by atoms with Crippen molar-refractivity contribution in [3.8, 4) is 0 Å². The predicted octanol–water partition coefficient (Wildman–Crippen LogP) is 5.13. The van der Waals surface area contributed by atoms with Gasteiger partial charge in [0.2, 0.25) is 0 Å². The van der Waals surface area contributed by atoms with E-state index in [1.165, 1.54) is 38.2 Å². The second kappa shape index (κ2) is 7.82. The van der Waals surface area contributed by atoms with Gasteiger partial charge in [0.25, 0.3) is 0 Å². The fourth-order valence-corrected chi connectivity index (χ4v) is 5.97. The maximum atomic E-state index is 11.2. The quantitative estimate of drug-likeness (QED) is 0.534. The topological polar surface area (TPSA) is 46.5 Å². The van der Waals surface area contributed by atoms with Gasteiger partial charge >= 0.3 is 5.97 Å². The predicted molar refractivity (Wildman–Crippen MR) is 102 cm³/mol. The minimum atomic E-state index is -0.388. The van der Waals surface area contributed by atoms with Gasteiger partial charge in [0.05, 0.1) is 6.61 Å². The van der Waals surface area contributed by atoms with E-state index in [1.54, 1.807) is 0 Å². The van der Waals surface area contributed by atoms with Gasteiger partial charge in [-0.2, -0.15) is 0 Å². The standard InChI is InChI=1S/C22H38O3/c1-15-9-11-20-21(4,5)12-7-13-22(20,6)18(15)10-8-16(2)19(14-23)25-17(3)24/h16,18-20,23H,1,7-14H2,2-6H3/t16-,18-,19-,20+,22+/m0/s1. The van der Waals surface area contributed by atoms with Gasteiger partial charge < -0.3 is 9.84 Å². The Balaban J connectivity index is 2.08. The molecule has 2 aliphatic rings. The number of carbonyl (C=O) groups is 1. The molecule has 2 saturated carbocycles. The molecule has 0 aromatic heterocycles. The molecule has 3 heteroatoms. The lowest BCUT2D eigenvalue weighted by atomic mass is 9.47. The van der Waals surface area contributed by atoms with Crippen molar-refractivity contribution >= 4 is 5.97 Å². The number of esters is 1. The molecule has 0 radical (unpaired) electrons. The Bertz CT molecular complexity index is 496. The van der Waals surface area contributed by atoms with E-state index in [4.69, 9.17) is 4.74 Å². The van der Waals surface area contributed by atoms with Gasteiger partial charge in [-0.1, -0.05) is 46.3 Å². The van der Waals surface area contributed by atoms with Gasteiger partial charge in [-0.15, -0.1) is 0 Å². The molecule has 0 spiro atoms. The average molecular weight is 351 g/mol. The summed E-state index contributed by atoms with van der Waals surface area (Å²) in [5.74, 6) is 1.17. The first-order valence-corrected chi connectivity index (χ1v) is 10.1. The number of hydrogen-bond acceptors (Lipinski definition) is 3. The Kier molecular flexibility index (Phi) is 6.40. The Hall–Kier alpha value is -0.830. The lowest BCUT2D eigenvalue weighted by molar-refractivity contribution is -0.151. The minimum absolute atomic E-state index is 0.0979. The molecule has 2 fully saturated rings. The summed E-state index contributed by atoms with van der Waals surface area (Å²) in [6.45, 7) is 15.2. The van der Waals surface area contributed by atoms with Gasteiger partial charge in [0.15, 0.2) is 0 Å². The zero-order chi connectivity index (χ0) is 18.8. The highest BCUT2D eigenvalue weighted by molar-refractivity contribution is 5.66. The highest BCUT2D eigenvalue weighted by Gasteiger charge is 2.52. The first kappa shape index (κ1) is 20.5. The lowest BCUT2D eigenvalue weighted by Gasteiger charge is -2.58. The second-order valence-corrected chi connectivity index (χ2v) is 9.54. The van der Waals surface area contributed by atoms with Crippen molar-refractivity contribution in [1.82, 2.24) is 0 Å². The van der Waals surface area contributed by atoms with E-state index < -0.39 is 0 Å².